The van der Waals surface area contributed by atoms with E-state index in [9.17, 15) is 4.79 Å². The molecule has 0 aromatic rings. The number of likely N-dealkylation sites (N-methyl/N-ethyl adjacent to an activating group) is 1. The summed E-state index contributed by atoms with van der Waals surface area (Å²) in [6.45, 7) is 4.34. The van der Waals surface area contributed by atoms with Gasteiger partial charge < -0.3 is 15.2 Å². The Morgan fingerprint density at radius 3 is 2.57 bits per heavy atom. The van der Waals surface area contributed by atoms with E-state index in [0.717, 1.165) is 19.4 Å². The molecule has 2 unspecified atom stereocenters. The van der Waals surface area contributed by atoms with Gasteiger partial charge in [0.15, 0.2) is 6.29 Å². The molecule has 4 heteroatoms. The largest absolute Gasteiger partial charge is 0.368 e. The van der Waals surface area contributed by atoms with Gasteiger partial charge in [0, 0.05) is 7.11 Å². The van der Waals surface area contributed by atoms with Crippen molar-refractivity contribution in [1.82, 2.24) is 5.32 Å². The van der Waals surface area contributed by atoms with Crippen molar-refractivity contribution in [3.05, 3.63) is 0 Å². The molecule has 0 amide bonds. The summed E-state index contributed by atoms with van der Waals surface area (Å²) in [7, 11) is 1.47. The predicted molar refractivity (Wildman–Crippen MR) is 55.0 cm³/mol. The van der Waals surface area contributed by atoms with Crippen LogP contribution in [-0.4, -0.2) is 36.9 Å². The molecule has 0 saturated carbocycles. The second kappa shape index (κ2) is 7.91. The van der Waals surface area contributed by atoms with Crippen LogP contribution >= 0.6 is 0 Å². The van der Waals surface area contributed by atoms with Gasteiger partial charge in [-0.3, -0.25) is 4.79 Å². The fourth-order valence-corrected chi connectivity index (χ4v) is 1.31. The number of aliphatic hydroxyl groups excluding tert-OH is 1. The first-order chi connectivity index (χ1) is 6.61. The highest BCUT2D eigenvalue weighted by Crippen LogP contribution is 2.05. The van der Waals surface area contributed by atoms with Crippen molar-refractivity contribution in [3.8, 4) is 0 Å². The molecule has 84 valence electrons. The lowest BCUT2D eigenvalue weighted by Crippen LogP contribution is -2.35. The number of aliphatic hydroxyl groups is 1. The van der Waals surface area contributed by atoms with Crippen LogP contribution in [0.2, 0.25) is 0 Å². The second-order valence-corrected chi connectivity index (χ2v) is 3.34. The normalized spacial score (nSPS) is 15.1. The van der Waals surface area contributed by atoms with E-state index in [2.05, 4.69) is 5.32 Å². The topological polar surface area (TPSA) is 58.6 Å². The van der Waals surface area contributed by atoms with Gasteiger partial charge in [0.1, 0.15) is 5.78 Å². The summed E-state index contributed by atoms with van der Waals surface area (Å²) in [5.74, 6) is 0.152. The van der Waals surface area contributed by atoms with Crippen LogP contribution in [0.4, 0.5) is 0 Å². The Morgan fingerprint density at radius 2 is 2.14 bits per heavy atom. The van der Waals surface area contributed by atoms with E-state index in [0.29, 0.717) is 6.42 Å². The fourth-order valence-electron chi connectivity index (χ4n) is 1.31. The molecule has 0 saturated heterocycles. The van der Waals surface area contributed by atoms with Crippen molar-refractivity contribution >= 4 is 5.78 Å². The molecule has 0 heterocycles. The zero-order chi connectivity index (χ0) is 11.0. The van der Waals surface area contributed by atoms with Gasteiger partial charge in [-0.25, -0.2) is 0 Å². The lowest BCUT2D eigenvalue weighted by molar-refractivity contribution is -0.119. The zero-order valence-electron chi connectivity index (χ0n) is 9.25. The van der Waals surface area contributed by atoms with Crippen molar-refractivity contribution in [3.63, 3.8) is 0 Å². The number of methoxy groups -OCH3 is 1. The van der Waals surface area contributed by atoms with Gasteiger partial charge in [-0.2, -0.15) is 0 Å². The highest BCUT2D eigenvalue weighted by molar-refractivity contribution is 5.81. The van der Waals surface area contributed by atoms with Crippen molar-refractivity contribution < 1.29 is 14.6 Å². The number of hydrogen-bond donors (Lipinski definition) is 2. The summed E-state index contributed by atoms with van der Waals surface area (Å²) in [6.07, 6.45) is 1.41. The van der Waals surface area contributed by atoms with Gasteiger partial charge in [0.2, 0.25) is 0 Å². The van der Waals surface area contributed by atoms with Gasteiger partial charge in [-0.1, -0.05) is 6.92 Å². The first-order valence-corrected chi connectivity index (χ1v) is 5.06. The second-order valence-electron chi connectivity index (χ2n) is 3.34. The first kappa shape index (κ1) is 13.5. The highest BCUT2D eigenvalue weighted by atomic mass is 16.6. The minimum Gasteiger partial charge on any atom is -0.368 e. The van der Waals surface area contributed by atoms with Gasteiger partial charge in [-0.15, -0.1) is 0 Å². The predicted octanol–water partition coefficient (Wildman–Crippen LogP) is 0.689. The monoisotopic (exact) mass is 203 g/mol. The molecule has 0 spiro atoms. The summed E-state index contributed by atoms with van der Waals surface area (Å²) < 4.78 is 4.70. The number of Topliss-reactive ketones (excluding diaryl/α,β-unsaturated/α-hetero) is 1. The third-order valence-electron chi connectivity index (χ3n) is 2.16. The van der Waals surface area contributed by atoms with E-state index in [1.54, 1.807) is 6.92 Å². The van der Waals surface area contributed by atoms with Crippen molar-refractivity contribution in [1.29, 1.82) is 0 Å². The molecule has 0 aromatic heterocycles. The fraction of sp³-hybridized carbons (Fsp3) is 0.900. The smallest absolute Gasteiger partial charge is 0.154 e. The quantitative estimate of drug-likeness (QED) is 0.570. The van der Waals surface area contributed by atoms with Crippen LogP contribution in [0.5, 0.6) is 0 Å². The van der Waals surface area contributed by atoms with Gasteiger partial charge in [0.05, 0.1) is 6.04 Å². The summed E-state index contributed by atoms with van der Waals surface area (Å²) in [6, 6.07) is -0.0796. The van der Waals surface area contributed by atoms with Crippen LogP contribution in [-0.2, 0) is 9.53 Å². The van der Waals surface area contributed by atoms with Gasteiger partial charge in [0.25, 0.3) is 0 Å². The Bertz CT molecular complexity index is 161. The van der Waals surface area contributed by atoms with Crippen molar-refractivity contribution in [2.24, 2.45) is 0 Å². The summed E-state index contributed by atoms with van der Waals surface area (Å²) in [5.41, 5.74) is 0. The summed E-state index contributed by atoms with van der Waals surface area (Å²) in [5, 5.41) is 12.2. The molecule has 2 N–H and O–H groups in total. The Morgan fingerprint density at radius 1 is 1.50 bits per heavy atom. The maximum atomic E-state index is 11.1. The van der Waals surface area contributed by atoms with Crippen LogP contribution in [0.15, 0.2) is 0 Å². The number of rotatable bonds is 8. The Hall–Kier alpha value is -0.450. The molecular formula is C10H21NO3. The summed E-state index contributed by atoms with van der Waals surface area (Å²) >= 11 is 0. The number of hydrogen-bond acceptors (Lipinski definition) is 4. The maximum absolute atomic E-state index is 11.1. The Labute approximate surface area is 85.6 Å². The number of ether oxygens (including phenoxy) is 1. The van der Waals surface area contributed by atoms with Gasteiger partial charge in [-0.05, 0) is 32.7 Å². The number of ketones is 1. The van der Waals surface area contributed by atoms with Crippen LogP contribution in [0.3, 0.4) is 0 Å². The minimum absolute atomic E-state index is 0.0796. The minimum atomic E-state index is -0.704. The molecule has 0 rings (SSSR count). The lowest BCUT2D eigenvalue weighted by Gasteiger charge is -2.15. The molecule has 14 heavy (non-hydrogen) atoms. The lowest BCUT2D eigenvalue weighted by atomic mass is 10.1. The van der Waals surface area contributed by atoms with E-state index in [-0.39, 0.29) is 11.8 Å². The highest BCUT2D eigenvalue weighted by Gasteiger charge is 2.12. The number of carbonyl (C=O) groups excluding carboxylic acids is 1. The molecule has 2 atom stereocenters. The van der Waals surface area contributed by atoms with Crippen molar-refractivity contribution in [2.75, 3.05) is 13.7 Å². The molecule has 0 fully saturated rings. The van der Waals surface area contributed by atoms with Gasteiger partial charge >= 0.3 is 0 Å². The molecule has 0 radical (unpaired) electrons. The molecule has 0 aliphatic heterocycles. The van der Waals surface area contributed by atoms with Crippen LogP contribution in [0, 0.1) is 0 Å². The average molecular weight is 203 g/mol. The van der Waals surface area contributed by atoms with E-state index in [1.807, 2.05) is 6.92 Å². The van der Waals surface area contributed by atoms with E-state index < -0.39 is 6.29 Å². The van der Waals surface area contributed by atoms with E-state index in [1.165, 1.54) is 7.11 Å². The summed E-state index contributed by atoms with van der Waals surface area (Å²) in [4.78, 5) is 11.1. The SMILES string of the molecule is CCNC(CCCC(O)OC)C(C)=O. The van der Waals surface area contributed by atoms with Crippen LogP contribution in [0.25, 0.3) is 0 Å². The maximum Gasteiger partial charge on any atom is 0.154 e. The first-order valence-electron chi connectivity index (χ1n) is 5.06. The Balaban J connectivity index is 3.66. The number of nitrogens with one attached hydrogen (secondary N) is 1. The standard InChI is InChI=1S/C10H21NO3/c1-4-11-9(8(2)12)6-5-7-10(13)14-3/h9-11,13H,4-7H2,1-3H3. The molecule has 0 aromatic carbocycles. The van der Waals surface area contributed by atoms with Crippen LogP contribution < -0.4 is 5.32 Å². The molecule has 0 aliphatic carbocycles. The number of carbonyl (C=O) groups is 1. The molecular weight excluding hydrogens is 182 g/mol. The zero-order valence-corrected chi connectivity index (χ0v) is 9.25. The van der Waals surface area contributed by atoms with E-state index in [4.69, 9.17) is 9.84 Å². The van der Waals surface area contributed by atoms with Crippen LogP contribution in [0.1, 0.15) is 33.1 Å². The third-order valence-corrected chi connectivity index (χ3v) is 2.16. The molecule has 0 aliphatic rings. The Kier molecular flexibility index (Phi) is 7.65. The van der Waals surface area contributed by atoms with E-state index >= 15 is 0 Å². The van der Waals surface area contributed by atoms with Crippen molar-refractivity contribution in [2.45, 2.75) is 45.4 Å². The third kappa shape index (κ3) is 6.07. The molecule has 0 bridgehead atoms. The average Bonchev–Trinajstić information content (AvgIpc) is 2.16. The molecule has 4 nitrogen and oxygen atoms in total.